The van der Waals surface area contributed by atoms with Crippen LogP contribution in [0.2, 0.25) is 10.0 Å². The van der Waals surface area contributed by atoms with E-state index >= 15 is 0 Å². The third kappa shape index (κ3) is 7.55. The summed E-state index contributed by atoms with van der Waals surface area (Å²) in [6.45, 7) is 12.2. The highest BCUT2D eigenvalue weighted by molar-refractivity contribution is 6.32. The van der Waals surface area contributed by atoms with E-state index in [1.165, 1.54) is 0 Å². The summed E-state index contributed by atoms with van der Waals surface area (Å²) in [6, 6.07) is 7.85. The van der Waals surface area contributed by atoms with Crippen LogP contribution >= 0.6 is 23.2 Å². The maximum absolute atomic E-state index is 11.8. The van der Waals surface area contributed by atoms with E-state index in [1.807, 2.05) is 52.0 Å². The molecule has 0 radical (unpaired) electrons. The zero-order valence-electron chi connectivity index (χ0n) is 25.2. The standard InChI is InChI=1S/C16H20ClN3O2.C15H20ClN3O2/c1-3-22-15(21)11-4-6-20(7-5-11)16-18-13-8-10(2)12(17)9-14(13)19-16;1-3-20-21-11-4-6-19(7-5-11)15-17-13-8-10(2)12(16)9-14(13)18-15/h8-9,11H,3-7H2,1-2H3,(H,18,19);8-9,11H,3-7H2,1-2H3,(H,17,18). The molecule has 4 heterocycles. The molecule has 10 nitrogen and oxygen atoms in total. The van der Waals surface area contributed by atoms with E-state index in [4.69, 9.17) is 37.7 Å². The van der Waals surface area contributed by atoms with Gasteiger partial charge in [-0.1, -0.05) is 23.2 Å². The maximum Gasteiger partial charge on any atom is 0.309 e. The number of benzene rings is 2. The van der Waals surface area contributed by atoms with Gasteiger partial charge < -0.3 is 24.5 Å². The fraction of sp³-hybridized carbons (Fsp3) is 0.516. The lowest BCUT2D eigenvalue weighted by Gasteiger charge is -2.30. The number of hydrogen-bond donors (Lipinski definition) is 2. The SMILES string of the molecule is CCOC(=O)C1CCN(c2nc3cc(Cl)c(C)cc3[nH]2)CC1.CCOOC1CCN(c2nc3cc(Cl)c(C)cc3[nH]2)CC1. The van der Waals surface area contributed by atoms with Gasteiger partial charge in [-0.05, 0) is 88.8 Å². The monoisotopic (exact) mass is 630 g/mol. The Morgan fingerprint density at radius 3 is 1.77 bits per heavy atom. The summed E-state index contributed by atoms with van der Waals surface area (Å²) in [5.41, 5.74) is 5.89. The first-order valence-corrected chi connectivity index (χ1v) is 15.8. The molecule has 4 aromatic rings. The Labute approximate surface area is 261 Å². The van der Waals surface area contributed by atoms with Crippen molar-refractivity contribution >= 4 is 63.1 Å². The second-order valence-electron chi connectivity index (χ2n) is 11.1. The number of nitrogens with one attached hydrogen (secondary N) is 2. The topological polar surface area (TPSA) is 109 Å². The Hall–Kier alpha value is -3.05. The number of ether oxygens (including phenoxy) is 1. The third-order valence-corrected chi connectivity index (χ3v) is 8.79. The zero-order valence-corrected chi connectivity index (χ0v) is 26.7. The molecule has 2 aromatic heterocycles. The van der Waals surface area contributed by atoms with E-state index in [-0.39, 0.29) is 18.0 Å². The molecule has 0 spiro atoms. The minimum absolute atomic E-state index is 0.0114. The predicted molar refractivity (Wildman–Crippen MR) is 171 cm³/mol. The Bertz CT molecular complexity index is 1460. The van der Waals surface area contributed by atoms with Gasteiger partial charge in [0.05, 0.1) is 47.3 Å². The number of anilines is 2. The number of H-pyrrole nitrogens is 2. The summed E-state index contributed by atoms with van der Waals surface area (Å²) in [5, 5.41) is 1.48. The molecule has 2 aliphatic rings. The molecule has 0 atom stereocenters. The lowest BCUT2D eigenvalue weighted by molar-refractivity contribution is -0.323. The van der Waals surface area contributed by atoms with Crippen molar-refractivity contribution < 1.29 is 19.3 Å². The number of piperidine rings is 2. The van der Waals surface area contributed by atoms with Gasteiger partial charge in [0, 0.05) is 36.2 Å². The number of imidazole rings is 2. The lowest BCUT2D eigenvalue weighted by atomic mass is 9.97. The number of carbonyl (C=O) groups excluding carboxylic acids is 1. The minimum atomic E-state index is -0.0748. The molecule has 6 rings (SSSR count). The number of rotatable bonds is 7. The van der Waals surface area contributed by atoms with Gasteiger partial charge in [-0.2, -0.15) is 0 Å². The molecule has 2 saturated heterocycles. The molecule has 2 fully saturated rings. The van der Waals surface area contributed by atoms with Crippen molar-refractivity contribution in [3.8, 4) is 0 Å². The highest BCUT2D eigenvalue weighted by Gasteiger charge is 2.27. The van der Waals surface area contributed by atoms with E-state index in [2.05, 4.69) is 29.7 Å². The van der Waals surface area contributed by atoms with Crippen molar-refractivity contribution in [1.29, 1.82) is 0 Å². The molecule has 43 heavy (non-hydrogen) atoms. The average molecular weight is 632 g/mol. The van der Waals surface area contributed by atoms with Crippen molar-refractivity contribution in [3.05, 3.63) is 45.4 Å². The number of aromatic amines is 2. The molecule has 12 heteroatoms. The van der Waals surface area contributed by atoms with Crippen LogP contribution in [0.15, 0.2) is 24.3 Å². The van der Waals surface area contributed by atoms with Crippen LogP contribution in [0.25, 0.3) is 22.1 Å². The number of hydrogen-bond acceptors (Lipinski definition) is 8. The lowest BCUT2D eigenvalue weighted by Crippen LogP contribution is -2.37. The average Bonchev–Trinajstić information content (AvgIpc) is 3.61. The minimum Gasteiger partial charge on any atom is -0.466 e. The van der Waals surface area contributed by atoms with E-state index in [0.717, 1.165) is 107 Å². The van der Waals surface area contributed by atoms with Gasteiger partial charge in [0.1, 0.15) is 0 Å². The molecule has 0 bridgehead atoms. The van der Waals surface area contributed by atoms with Crippen LogP contribution in [0.1, 0.15) is 50.7 Å². The third-order valence-electron chi connectivity index (χ3n) is 7.98. The van der Waals surface area contributed by atoms with Crippen LogP contribution in [0.5, 0.6) is 0 Å². The normalized spacial score (nSPS) is 16.5. The number of nitrogens with zero attached hydrogens (tertiary/aromatic N) is 4. The summed E-state index contributed by atoms with van der Waals surface area (Å²) in [6.07, 6.45) is 3.67. The Kier molecular flexibility index (Phi) is 10.3. The van der Waals surface area contributed by atoms with Gasteiger partial charge in [0.25, 0.3) is 0 Å². The molecular weight excluding hydrogens is 591 g/mol. The summed E-state index contributed by atoms with van der Waals surface area (Å²) < 4.78 is 5.10. The van der Waals surface area contributed by atoms with E-state index in [9.17, 15) is 4.79 Å². The van der Waals surface area contributed by atoms with Crippen LogP contribution in [0.3, 0.4) is 0 Å². The van der Waals surface area contributed by atoms with Crippen molar-refractivity contribution in [1.82, 2.24) is 19.9 Å². The first kappa shape index (κ1) is 31.4. The number of esters is 1. The van der Waals surface area contributed by atoms with Gasteiger partial charge in [0.15, 0.2) is 0 Å². The zero-order chi connectivity index (χ0) is 30.5. The molecule has 0 aliphatic carbocycles. The molecule has 2 N–H and O–H groups in total. The first-order chi connectivity index (χ1) is 20.7. The summed E-state index contributed by atoms with van der Waals surface area (Å²) in [7, 11) is 0. The molecular formula is C31H40Cl2N6O4. The van der Waals surface area contributed by atoms with Gasteiger partial charge in [-0.25, -0.2) is 19.7 Å². The second kappa shape index (κ2) is 14.2. The summed E-state index contributed by atoms with van der Waals surface area (Å²) in [5.74, 6) is 1.69. The number of halogens is 2. The number of aromatic nitrogens is 4. The van der Waals surface area contributed by atoms with Gasteiger partial charge in [0.2, 0.25) is 11.9 Å². The summed E-state index contributed by atoms with van der Waals surface area (Å²) >= 11 is 12.3. The van der Waals surface area contributed by atoms with Crippen LogP contribution < -0.4 is 9.80 Å². The van der Waals surface area contributed by atoms with Crippen molar-refractivity contribution in [2.45, 2.75) is 59.5 Å². The van der Waals surface area contributed by atoms with Crippen LogP contribution in [-0.2, 0) is 19.3 Å². The van der Waals surface area contributed by atoms with Crippen molar-refractivity contribution in [2.24, 2.45) is 5.92 Å². The Morgan fingerprint density at radius 1 is 0.814 bits per heavy atom. The molecule has 0 saturated carbocycles. The smallest absolute Gasteiger partial charge is 0.309 e. The van der Waals surface area contributed by atoms with E-state index in [1.54, 1.807) is 0 Å². The number of carbonyl (C=O) groups is 1. The molecule has 2 aromatic carbocycles. The van der Waals surface area contributed by atoms with Crippen LogP contribution in [0, 0.1) is 19.8 Å². The van der Waals surface area contributed by atoms with Crippen molar-refractivity contribution in [2.75, 3.05) is 49.2 Å². The molecule has 0 unspecified atom stereocenters. The Balaban J connectivity index is 0.000000171. The quantitative estimate of drug-likeness (QED) is 0.131. The predicted octanol–water partition coefficient (Wildman–Crippen LogP) is 6.77. The van der Waals surface area contributed by atoms with Crippen LogP contribution in [-0.4, -0.2) is 71.4 Å². The summed E-state index contributed by atoms with van der Waals surface area (Å²) in [4.78, 5) is 42.5. The fourth-order valence-electron chi connectivity index (χ4n) is 5.47. The molecule has 232 valence electrons. The van der Waals surface area contributed by atoms with Gasteiger partial charge in [-0.3, -0.25) is 4.79 Å². The number of aryl methyl sites for hydroxylation is 2. The largest absolute Gasteiger partial charge is 0.466 e. The highest BCUT2D eigenvalue weighted by Crippen LogP contribution is 2.28. The van der Waals surface area contributed by atoms with Crippen molar-refractivity contribution in [3.63, 3.8) is 0 Å². The number of fused-ring (bicyclic) bond motifs is 2. The fourth-order valence-corrected chi connectivity index (χ4v) is 5.78. The Morgan fingerprint density at radius 2 is 1.30 bits per heavy atom. The molecule has 2 aliphatic heterocycles. The second-order valence-corrected chi connectivity index (χ2v) is 11.9. The first-order valence-electron chi connectivity index (χ1n) is 15.0. The van der Waals surface area contributed by atoms with E-state index < -0.39 is 0 Å². The van der Waals surface area contributed by atoms with Gasteiger partial charge >= 0.3 is 5.97 Å². The van der Waals surface area contributed by atoms with E-state index in [0.29, 0.717) is 13.2 Å². The van der Waals surface area contributed by atoms with Gasteiger partial charge in [-0.15, -0.1) is 0 Å². The molecule has 0 amide bonds. The highest BCUT2D eigenvalue weighted by atomic mass is 35.5. The van der Waals surface area contributed by atoms with Crippen LogP contribution in [0.4, 0.5) is 11.9 Å². The maximum atomic E-state index is 11.8.